The number of ether oxygens (including phenoxy) is 2. The molecular formula is C17H25N3O3. The third-order valence-corrected chi connectivity index (χ3v) is 4.69. The van der Waals surface area contributed by atoms with Crippen LogP contribution in [0.15, 0.2) is 24.5 Å². The molecule has 1 amide bonds. The second-order valence-electron chi connectivity index (χ2n) is 6.16. The van der Waals surface area contributed by atoms with Crippen LogP contribution in [0.5, 0.6) is 0 Å². The van der Waals surface area contributed by atoms with Crippen molar-refractivity contribution in [3.63, 3.8) is 0 Å². The Bertz CT molecular complexity index is 511. The van der Waals surface area contributed by atoms with Gasteiger partial charge in [-0.15, -0.1) is 0 Å². The van der Waals surface area contributed by atoms with E-state index in [4.69, 9.17) is 9.47 Å². The quantitative estimate of drug-likeness (QED) is 0.803. The fourth-order valence-electron chi connectivity index (χ4n) is 3.53. The van der Waals surface area contributed by atoms with Crippen LogP contribution in [0.25, 0.3) is 0 Å². The highest BCUT2D eigenvalue weighted by molar-refractivity contribution is 5.92. The van der Waals surface area contributed by atoms with Gasteiger partial charge in [0.05, 0.1) is 30.5 Å². The van der Waals surface area contributed by atoms with E-state index in [1.807, 2.05) is 19.1 Å². The number of piperidine rings is 1. The summed E-state index contributed by atoms with van der Waals surface area (Å²) >= 11 is 0. The lowest BCUT2D eigenvalue weighted by molar-refractivity contribution is -0.126. The Morgan fingerprint density at radius 3 is 3.22 bits per heavy atom. The smallest absolute Gasteiger partial charge is 0.229 e. The molecule has 2 aliphatic heterocycles. The summed E-state index contributed by atoms with van der Waals surface area (Å²) in [7, 11) is 0. The SMILES string of the molecule is CCOCCN1C[C@H](C(=O)Nc2cccnc2)[C@@H]2CCO[C@@H]2C1. The van der Waals surface area contributed by atoms with Gasteiger partial charge < -0.3 is 14.8 Å². The molecule has 6 nitrogen and oxygen atoms in total. The Morgan fingerprint density at radius 2 is 2.43 bits per heavy atom. The van der Waals surface area contributed by atoms with Gasteiger partial charge in [-0.3, -0.25) is 14.7 Å². The van der Waals surface area contributed by atoms with Crippen molar-refractivity contribution < 1.29 is 14.3 Å². The third kappa shape index (κ3) is 4.07. The normalized spacial score (nSPS) is 27.6. The number of amides is 1. The maximum Gasteiger partial charge on any atom is 0.229 e. The van der Waals surface area contributed by atoms with Gasteiger partial charge in [-0.25, -0.2) is 0 Å². The van der Waals surface area contributed by atoms with E-state index in [0.29, 0.717) is 12.5 Å². The molecule has 6 heteroatoms. The van der Waals surface area contributed by atoms with Crippen LogP contribution in [-0.2, 0) is 14.3 Å². The standard InChI is InChI=1S/C17H25N3O3/c1-2-22-9-7-20-11-15(14-5-8-23-16(14)12-20)17(21)19-13-4-3-6-18-10-13/h3-4,6,10,14-16H,2,5,7-9,11-12H2,1H3,(H,19,21)/t14-,15-,16+/m0/s1. The monoisotopic (exact) mass is 319 g/mol. The molecule has 3 rings (SSSR count). The minimum absolute atomic E-state index is 0.0434. The second-order valence-corrected chi connectivity index (χ2v) is 6.16. The molecule has 3 heterocycles. The maximum atomic E-state index is 12.7. The minimum atomic E-state index is -0.0434. The van der Waals surface area contributed by atoms with Gasteiger partial charge in [-0.1, -0.05) is 0 Å². The van der Waals surface area contributed by atoms with Crippen LogP contribution in [-0.4, -0.2) is 61.3 Å². The number of nitrogens with zero attached hydrogens (tertiary/aromatic N) is 2. The van der Waals surface area contributed by atoms with E-state index in [-0.39, 0.29) is 17.9 Å². The molecule has 0 radical (unpaired) electrons. The van der Waals surface area contributed by atoms with Crippen molar-refractivity contribution in [2.75, 3.05) is 44.8 Å². The average Bonchev–Trinajstić information content (AvgIpc) is 3.03. The number of pyridine rings is 1. The number of carbonyl (C=O) groups is 1. The number of aromatic nitrogens is 1. The number of likely N-dealkylation sites (tertiary alicyclic amines) is 1. The van der Waals surface area contributed by atoms with Crippen molar-refractivity contribution in [3.05, 3.63) is 24.5 Å². The molecule has 2 fully saturated rings. The van der Waals surface area contributed by atoms with Crippen molar-refractivity contribution in [3.8, 4) is 0 Å². The molecule has 2 saturated heterocycles. The number of carbonyl (C=O) groups excluding carboxylic acids is 1. The Hall–Kier alpha value is -1.50. The fraction of sp³-hybridized carbons (Fsp3) is 0.647. The van der Waals surface area contributed by atoms with Crippen LogP contribution in [0.4, 0.5) is 5.69 Å². The Kier molecular flexibility index (Phi) is 5.59. The van der Waals surface area contributed by atoms with Crippen LogP contribution in [0.1, 0.15) is 13.3 Å². The highest BCUT2D eigenvalue weighted by Crippen LogP contribution is 2.34. The van der Waals surface area contributed by atoms with Crippen molar-refractivity contribution in [1.82, 2.24) is 9.88 Å². The van der Waals surface area contributed by atoms with Crippen LogP contribution in [0, 0.1) is 11.8 Å². The fourth-order valence-corrected chi connectivity index (χ4v) is 3.53. The van der Waals surface area contributed by atoms with Crippen LogP contribution in [0.2, 0.25) is 0 Å². The lowest BCUT2D eigenvalue weighted by Gasteiger charge is -2.39. The lowest BCUT2D eigenvalue weighted by atomic mass is 9.82. The zero-order valence-electron chi connectivity index (χ0n) is 13.6. The number of fused-ring (bicyclic) bond motifs is 1. The van der Waals surface area contributed by atoms with E-state index >= 15 is 0 Å². The predicted octanol–water partition coefficient (Wildman–Crippen LogP) is 1.39. The van der Waals surface area contributed by atoms with Crippen LogP contribution >= 0.6 is 0 Å². The molecule has 23 heavy (non-hydrogen) atoms. The van der Waals surface area contributed by atoms with E-state index in [1.54, 1.807) is 12.4 Å². The highest BCUT2D eigenvalue weighted by Gasteiger charge is 2.43. The molecule has 0 aromatic carbocycles. The number of hydrogen-bond acceptors (Lipinski definition) is 5. The molecule has 0 saturated carbocycles. The van der Waals surface area contributed by atoms with E-state index < -0.39 is 0 Å². The number of anilines is 1. The Labute approximate surface area is 137 Å². The first-order chi connectivity index (χ1) is 11.3. The highest BCUT2D eigenvalue weighted by atomic mass is 16.5. The zero-order chi connectivity index (χ0) is 16.1. The average molecular weight is 319 g/mol. The lowest BCUT2D eigenvalue weighted by Crippen LogP contribution is -2.52. The van der Waals surface area contributed by atoms with Crippen LogP contribution < -0.4 is 5.32 Å². The predicted molar refractivity (Wildman–Crippen MR) is 87.1 cm³/mol. The van der Waals surface area contributed by atoms with Gasteiger partial charge >= 0.3 is 0 Å². The van der Waals surface area contributed by atoms with E-state index in [9.17, 15) is 4.79 Å². The Morgan fingerprint density at radius 1 is 1.52 bits per heavy atom. The summed E-state index contributed by atoms with van der Waals surface area (Å²) in [5.74, 6) is 0.340. The minimum Gasteiger partial charge on any atom is -0.380 e. The second kappa shape index (κ2) is 7.86. The number of hydrogen-bond donors (Lipinski definition) is 1. The number of nitrogens with one attached hydrogen (secondary N) is 1. The molecule has 0 unspecified atom stereocenters. The molecule has 3 atom stereocenters. The summed E-state index contributed by atoms with van der Waals surface area (Å²) in [5.41, 5.74) is 0.749. The zero-order valence-corrected chi connectivity index (χ0v) is 13.6. The van der Waals surface area contributed by atoms with Gasteiger partial charge in [-0.05, 0) is 25.5 Å². The molecular weight excluding hydrogens is 294 g/mol. The van der Waals surface area contributed by atoms with Gasteiger partial charge in [0.1, 0.15) is 0 Å². The van der Waals surface area contributed by atoms with Gasteiger partial charge in [0.25, 0.3) is 0 Å². The van der Waals surface area contributed by atoms with Crippen molar-refractivity contribution >= 4 is 11.6 Å². The summed E-state index contributed by atoms with van der Waals surface area (Å²) in [6, 6.07) is 3.69. The molecule has 1 aromatic rings. The van der Waals surface area contributed by atoms with Crippen molar-refractivity contribution in [2.45, 2.75) is 19.4 Å². The number of rotatable bonds is 6. The summed E-state index contributed by atoms with van der Waals surface area (Å²) in [4.78, 5) is 19.1. The van der Waals surface area contributed by atoms with E-state index in [1.165, 1.54) is 0 Å². The van der Waals surface area contributed by atoms with Gasteiger partial charge in [0, 0.05) is 45.0 Å². The molecule has 1 aromatic heterocycles. The van der Waals surface area contributed by atoms with Gasteiger partial charge in [0.15, 0.2) is 0 Å². The molecule has 0 aliphatic carbocycles. The molecule has 0 bridgehead atoms. The summed E-state index contributed by atoms with van der Waals surface area (Å²) in [6.45, 7) is 6.68. The van der Waals surface area contributed by atoms with Crippen molar-refractivity contribution in [1.29, 1.82) is 0 Å². The summed E-state index contributed by atoms with van der Waals surface area (Å²) in [6.07, 6.45) is 4.51. The largest absolute Gasteiger partial charge is 0.380 e. The van der Waals surface area contributed by atoms with Crippen LogP contribution in [0.3, 0.4) is 0 Å². The van der Waals surface area contributed by atoms with Crippen molar-refractivity contribution in [2.24, 2.45) is 11.8 Å². The molecule has 1 N–H and O–H groups in total. The Balaban J connectivity index is 1.64. The summed E-state index contributed by atoms with van der Waals surface area (Å²) < 4.78 is 11.3. The molecule has 126 valence electrons. The first kappa shape index (κ1) is 16.4. The first-order valence-corrected chi connectivity index (χ1v) is 8.40. The maximum absolute atomic E-state index is 12.7. The third-order valence-electron chi connectivity index (χ3n) is 4.69. The molecule has 2 aliphatic rings. The van der Waals surface area contributed by atoms with Gasteiger partial charge in [-0.2, -0.15) is 0 Å². The summed E-state index contributed by atoms with van der Waals surface area (Å²) in [5, 5.41) is 3.00. The topological polar surface area (TPSA) is 63.7 Å². The first-order valence-electron chi connectivity index (χ1n) is 8.40. The van der Waals surface area contributed by atoms with E-state index in [2.05, 4.69) is 15.2 Å². The van der Waals surface area contributed by atoms with E-state index in [0.717, 1.165) is 45.0 Å². The molecule has 0 spiro atoms. The van der Waals surface area contributed by atoms with Gasteiger partial charge in [0.2, 0.25) is 5.91 Å².